The van der Waals surface area contributed by atoms with E-state index in [0.29, 0.717) is 28.1 Å². The number of carbonyl (C=O) groups excluding carboxylic acids is 2. The van der Waals surface area contributed by atoms with Gasteiger partial charge in [0.2, 0.25) is 23.6 Å². The van der Waals surface area contributed by atoms with Gasteiger partial charge in [-0.2, -0.15) is 10.2 Å². The summed E-state index contributed by atoms with van der Waals surface area (Å²) in [5.41, 5.74) is 1.29. The normalized spacial score (nSPS) is 23.3. The van der Waals surface area contributed by atoms with E-state index < -0.39 is 47.5 Å². The van der Waals surface area contributed by atoms with E-state index in [9.17, 15) is 20.0 Å². The van der Waals surface area contributed by atoms with E-state index in [2.05, 4.69) is 20.9 Å². The summed E-state index contributed by atoms with van der Waals surface area (Å²) in [6.07, 6.45) is -0.838. The number of rotatable bonds is 5. The molecule has 1 spiro atoms. The van der Waals surface area contributed by atoms with E-state index in [1.54, 1.807) is 32.0 Å². The van der Waals surface area contributed by atoms with E-state index in [-0.39, 0.29) is 47.2 Å². The van der Waals surface area contributed by atoms with Crippen LogP contribution in [0.3, 0.4) is 0 Å². The first-order chi connectivity index (χ1) is 22.0. The SMILES string of the molecule is CC(C)[C@H](O)C(=O)NC1Cc2ccc3c(c2)C2(c4cc(F)ccc4N[C@H]2O3)c2oc(nc2-c2nc(C#N)co2)[C@H](C(C)C)NC1=O. The number of amides is 2. The standard InChI is InChI=1S/C33H31FN6O6/c1-14(2)24-31-40-25(30-36-18(12-35)13-44-30)27(46-31)33-19-11-17(34)6-7-21(19)38-32(33)45-23-8-5-16(9-20(23)33)10-22(28(42)39-24)37-29(43)26(41)15(3)4/h5-9,11,13-15,22,24,26,32,38,41H,10H2,1-4H3,(H,37,43)(H,39,42)/t22?,24-,26-,32-,33?/m0/s1. The molecule has 2 unspecified atom stereocenters. The van der Waals surface area contributed by atoms with E-state index in [0.717, 1.165) is 0 Å². The summed E-state index contributed by atoms with van der Waals surface area (Å²) in [4.78, 5) is 36.0. The molecular formula is C33H31FN6O6. The van der Waals surface area contributed by atoms with Gasteiger partial charge in [-0.25, -0.2) is 9.37 Å². The molecule has 5 heterocycles. The minimum atomic E-state index is -1.32. The lowest BCUT2D eigenvalue weighted by Gasteiger charge is -2.29. The molecule has 12 nitrogen and oxygen atoms in total. The number of fused-ring (bicyclic) bond motifs is 4. The molecule has 3 aliphatic rings. The Hall–Kier alpha value is -5.22. The van der Waals surface area contributed by atoms with Crippen LogP contribution >= 0.6 is 0 Å². The van der Waals surface area contributed by atoms with Crippen molar-refractivity contribution < 1.29 is 32.7 Å². The lowest BCUT2D eigenvalue weighted by Crippen LogP contribution is -2.52. The summed E-state index contributed by atoms with van der Waals surface area (Å²) >= 11 is 0. The van der Waals surface area contributed by atoms with E-state index in [4.69, 9.17) is 18.6 Å². The first kappa shape index (κ1) is 29.5. The fourth-order valence-corrected chi connectivity index (χ4v) is 6.46. The summed E-state index contributed by atoms with van der Waals surface area (Å²) in [5, 5.41) is 29.0. The second-order valence-electron chi connectivity index (χ2n) is 12.5. The highest BCUT2D eigenvalue weighted by Gasteiger charge is 2.61. The zero-order valence-electron chi connectivity index (χ0n) is 25.4. The van der Waals surface area contributed by atoms with Gasteiger partial charge >= 0.3 is 0 Å². The third-order valence-electron chi connectivity index (χ3n) is 8.83. The number of anilines is 1. The minimum Gasteiger partial charge on any atom is -0.469 e. The fraction of sp³-hybridized carbons (Fsp3) is 0.364. The summed E-state index contributed by atoms with van der Waals surface area (Å²) in [5.74, 6) is -1.45. The van der Waals surface area contributed by atoms with E-state index >= 15 is 4.39 Å². The maximum Gasteiger partial charge on any atom is 0.250 e. The van der Waals surface area contributed by atoms with Crippen LogP contribution in [0.15, 0.2) is 51.5 Å². The number of aromatic nitrogens is 2. The predicted octanol–water partition coefficient (Wildman–Crippen LogP) is 3.69. The summed E-state index contributed by atoms with van der Waals surface area (Å²) < 4.78 is 33.9. The molecule has 5 atom stereocenters. The van der Waals surface area contributed by atoms with Crippen LogP contribution in [-0.4, -0.2) is 45.3 Å². The Labute approximate surface area is 263 Å². The number of carbonyl (C=O) groups is 2. The maximum atomic E-state index is 15.0. The molecule has 2 aromatic carbocycles. The predicted molar refractivity (Wildman–Crippen MR) is 160 cm³/mol. The number of nitrogens with one attached hydrogen (secondary N) is 3. The van der Waals surface area contributed by atoms with Crippen molar-refractivity contribution in [3.8, 4) is 23.4 Å². The molecule has 0 saturated heterocycles. The van der Waals surface area contributed by atoms with Crippen molar-refractivity contribution in [3.05, 3.63) is 82.5 Å². The first-order valence-electron chi connectivity index (χ1n) is 15.0. The molecule has 0 aliphatic carbocycles. The number of nitrogens with zero attached hydrogens (tertiary/aromatic N) is 3. The van der Waals surface area contributed by atoms with Crippen LogP contribution in [0.25, 0.3) is 11.6 Å². The molecule has 2 amide bonds. The molecule has 2 aromatic heterocycles. The monoisotopic (exact) mass is 626 g/mol. The molecule has 46 heavy (non-hydrogen) atoms. The van der Waals surface area contributed by atoms with Crippen LogP contribution in [0.4, 0.5) is 10.1 Å². The van der Waals surface area contributed by atoms with Crippen LogP contribution in [0, 0.1) is 29.0 Å². The number of nitriles is 1. The lowest BCUT2D eigenvalue weighted by atomic mass is 9.72. The van der Waals surface area contributed by atoms with Crippen molar-refractivity contribution >= 4 is 17.5 Å². The zero-order valence-corrected chi connectivity index (χ0v) is 25.4. The van der Waals surface area contributed by atoms with Gasteiger partial charge in [-0.05, 0) is 41.7 Å². The molecule has 4 aromatic rings. The minimum absolute atomic E-state index is 0.000602. The number of hydrogen-bond donors (Lipinski definition) is 4. The number of hydrogen-bond acceptors (Lipinski definition) is 10. The van der Waals surface area contributed by atoms with Gasteiger partial charge in [0.15, 0.2) is 23.4 Å². The van der Waals surface area contributed by atoms with Crippen molar-refractivity contribution in [1.29, 1.82) is 5.26 Å². The molecule has 13 heteroatoms. The average molecular weight is 627 g/mol. The topological polar surface area (TPSA) is 176 Å². The maximum absolute atomic E-state index is 15.0. The lowest BCUT2D eigenvalue weighted by molar-refractivity contribution is -0.135. The molecule has 0 saturated carbocycles. The number of halogens is 1. The number of ether oxygens (including phenoxy) is 1. The Morgan fingerprint density at radius 3 is 2.67 bits per heavy atom. The highest BCUT2D eigenvalue weighted by molar-refractivity contribution is 5.90. The van der Waals surface area contributed by atoms with Crippen molar-refractivity contribution in [3.63, 3.8) is 0 Å². The third-order valence-corrected chi connectivity index (χ3v) is 8.83. The first-order valence-corrected chi connectivity index (χ1v) is 15.0. The van der Waals surface area contributed by atoms with Crippen molar-refractivity contribution in [2.24, 2.45) is 11.8 Å². The van der Waals surface area contributed by atoms with Gasteiger partial charge < -0.3 is 34.6 Å². The second kappa shape index (κ2) is 10.7. The van der Waals surface area contributed by atoms with Gasteiger partial charge in [-0.15, -0.1) is 0 Å². The van der Waals surface area contributed by atoms with Gasteiger partial charge in [-0.1, -0.05) is 39.8 Å². The Kier molecular flexibility index (Phi) is 6.86. The van der Waals surface area contributed by atoms with Crippen LogP contribution < -0.4 is 20.7 Å². The average Bonchev–Trinajstić information content (AvgIpc) is 3.79. The highest BCUT2D eigenvalue weighted by atomic mass is 19.1. The smallest absolute Gasteiger partial charge is 0.250 e. The van der Waals surface area contributed by atoms with Gasteiger partial charge in [0.1, 0.15) is 47.5 Å². The van der Waals surface area contributed by atoms with Crippen molar-refractivity contribution in [1.82, 2.24) is 20.6 Å². The number of aliphatic hydroxyl groups is 1. The van der Waals surface area contributed by atoms with E-state index in [1.807, 2.05) is 26.0 Å². The molecule has 0 radical (unpaired) electrons. The molecular weight excluding hydrogens is 595 g/mol. The quantitative estimate of drug-likeness (QED) is 0.256. The third kappa shape index (κ3) is 4.43. The van der Waals surface area contributed by atoms with Crippen LogP contribution in [0.1, 0.15) is 67.8 Å². The largest absolute Gasteiger partial charge is 0.469 e. The molecule has 236 valence electrons. The number of benzene rings is 2. The van der Waals surface area contributed by atoms with Crippen molar-refractivity contribution in [2.75, 3.05) is 5.32 Å². The summed E-state index contributed by atoms with van der Waals surface area (Å²) in [6.45, 7) is 7.16. The number of aliphatic hydroxyl groups excluding tert-OH is 1. The summed E-state index contributed by atoms with van der Waals surface area (Å²) in [6, 6.07) is 9.86. The molecule has 4 N–H and O–H groups in total. The Balaban J connectivity index is 1.50. The molecule has 4 bridgehead atoms. The second-order valence-corrected chi connectivity index (χ2v) is 12.5. The Morgan fingerprint density at radius 1 is 1.15 bits per heavy atom. The highest BCUT2D eigenvalue weighted by Crippen LogP contribution is 2.59. The Morgan fingerprint density at radius 2 is 1.96 bits per heavy atom. The van der Waals surface area contributed by atoms with Gasteiger partial charge in [0.05, 0.1) is 0 Å². The summed E-state index contributed by atoms with van der Waals surface area (Å²) in [7, 11) is 0. The number of oxazole rings is 2. The van der Waals surface area contributed by atoms with Crippen LogP contribution in [-0.2, 0) is 21.4 Å². The van der Waals surface area contributed by atoms with Crippen LogP contribution in [0.2, 0.25) is 0 Å². The molecule has 3 aliphatic heterocycles. The van der Waals surface area contributed by atoms with Crippen molar-refractivity contribution in [2.45, 2.75) is 63.9 Å². The van der Waals surface area contributed by atoms with Crippen LogP contribution in [0.5, 0.6) is 5.75 Å². The molecule has 0 fully saturated rings. The molecule has 7 rings (SSSR count). The van der Waals surface area contributed by atoms with E-state index in [1.165, 1.54) is 18.4 Å². The van der Waals surface area contributed by atoms with Gasteiger partial charge in [0, 0.05) is 23.2 Å². The fourth-order valence-electron chi connectivity index (χ4n) is 6.46. The zero-order chi connectivity index (χ0) is 32.5. The van der Waals surface area contributed by atoms with Gasteiger partial charge in [0.25, 0.3) is 0 Å². The van der Waals surface area contributed by atoms with Gasteiger partial charge in [-0.3, -0.25) is 9.59 Å². The Bertz CT molecular complexity index is 1930.